The first kappa shape index (κ1) is 41.6. The minimum Gasteiger partial charge on any atom is -0.496 e. The summed E-state index contributed by atoms with van der Waals surface area (Å²) < 4.78 is 41.7. The number of ketones is 1. The Kier molecular flexibility index (Phi) is 12.6. The number of ether oxygens (including phenoxy) is 7. The lowest BCUT2D eigenvalue weighted by atomic mass is 9.87. The van der Waals surface area contributed by atoms with Gasteiger partial charge in [-0.25, -0.2) is 4.79 Å². The average molecular weight is 795 g/mol. The van der Waals surface area contributed by atoms with Crippen LogP contribution in [0.4, 0.5) is 4.79 Å². The van der Waals surface area contributed by atoms with Crippen molar-refractivity contribution in [1.29, 1.82) is 0 Å². The molecule has 0 fully saturated rings. The molecule has 0 aliphatic carbocycles. The quantitative estimate of drug-likeness (QED) is 0.120. The van der Waals surface area contributed by atoms with Gasteiger partial charge in [-0.3, -0.25) is 19.3 Å². The van der Waals surface area contributed by atoms with E-state index in [-0.39, 0.29) is 56.5 Å². The van der Waals surface area contributed by atoms with E-state index in [9.17, 15) is 14.4 Å². The van der Waals surface area contributed by atoms with Crippen molar-refractivity contribution in [3.8, 4) is 28.7 Å². The van der Waals surface area contributed by atoms with Crippen LogP contribution in [0.5, 0.6) is 28.7 Å². The molecular formula is C45H50N2O11. The van der Waals surface area contributed by atoms with Gasteiger partial charge < -0.3 is 38.1 Å². The molecule has 0 N–H and O–H groups in total. The molecule has 2 aliphatic rings. The second kappa shape index (κ2) is 17.6. The van der Waals surface area contributed by atoms with Crippen LogP contribution in [0.2, 0.25) is 0 Å². The Morgan fingerprint density at radius 1 is 0.914 bits per heavy atom. The Balaban J connectivity index is 1.46. The molecule has 0 radical (unpaired) electrons. The molecule has 6 rings (SSSR count). The lowest BCUT2D eigenvalue weighted by molar-refractivity contribution is -0.140. The predicted octanol–water partition coefficient (Wildman–Crippen LogP) is 7.20. The molecule has 0 aromatic heterocycles. The van der Waals surface area contributed by atoms with Crippen LogP contribution in [0.1, 0.15) is 80.9 Å². The molecule has 13 heteroatoms. The molecule has 0 saturated carbocycles. The molecule has 2 atom stereocenters. The Labute approximate surface area is 338 Å². The van der Waals surface area contributed by atoms with Crippen LogP contribution < -0.4 is 23.7 Å². The zero-order valence-corrected chi connectivity index (χ0v) is 34.2. The second-order valence-electron chi connectivity index (χ2n) is 15.2. The Bertz CT molecular complexity index is 2170. The summed E-state index contributed by atoms with van der Waals surface area (Å²) in [4.78, 5) is 59.1. The molecular weight excluding hydrogens is 744 g/mol. The van der Waals surface area contributed by atoms with Crippen LogP contribution in [0.25, 0.3) is 0 Å². The van der Waals surface area contributed by atoms with Gasteiger partial charge in [-0.15, -0.1) is 0 Å². The number of nitrogens with zero attached hydrogens (tertiary/aromatic N) is 2. The van der Waals surface area contributed by atoms with Crippen molar-refractivity contribution in [2.24, 2.45) is 0 Å². The number of Topliss-reactive ketones (excluding diaryl/α,β-unsaturated/α-hetero) is 1. The highest BCUT2D eigenvalue weighted by Gasteiger charge is 2.46. The number of hydrogen-bond acceptors (Lipinski definition) is 11. The lowest BCUT2D eigenvalue weighted by Crippen LogP contribution is -2.55. The fraction of sp³-hybridized carbons (Fsp3) is 0.378. The van der Waals surface area contributed by atoms with Crippen LogP contribution in [0.15, 0.2) is 66.7 Å². The highest BCUT2D eigenvalue weighted by Crippen LogP contribution is 2.52. The van der Waals surface area contributed by atoms with Crippen LogP contribution in [0.3, 0.4) is 0 Å². The molecule has 2 aliphatic heterocycles. The van der Waals surface area contributed by atoms with Gasteiger partial charge >= 0.3 is 6.09 Å². The van der Waals surface area contributed by atoms with Gasteiger partial charge in [0, 0.05) is 24.6 Å². The summed E-state index contributed by atoms with van der Waals surface area (Å²) in [6.45, 7) is 8.59. The second-order valence-corrected chi connectivity index (χ2v) is 15.2. The average Bonchev–Trinajstić information content (AvgIpc) is 3.70. The van der Waals surface area contributed by atoms with Crippen molar-refractivity contribution >= 4 is 24.1 Å². The van der Waals surface area contributed by atoms with Gasteiger partial charge in [-0.2, -0.15) is 0 Å². The molecule has 4 aromatic carbocycles. The third-order valence-electron chi connectivity index (χ3n) is 10.2. The van der Waals surface area contributed by atoms with E-state index >= 15 is 4.79 Å². The fourth-order valence-electron chi connectivity index (χ4n) is 7.43. The first-order valence-electron chi connectivity index (χ1n) is 19.0. The van der Waals surface area contributed by atoms with Crippen LogP contribution in [-0.4, -0.2) is 86.7 Å². The van der Waals surface area contributed by atoms with Crippen molar-refractivity contribution in [2.45, 2.75) is 71.9 Å². The van der Waals surface area contributed by atoms with Crippen molar-refractivity contribution < 1.29 is 52.3 Å². The number of likely N-dealkylation sites (N-methyl/N-ethyl adjacent to an activating group) is 1. The largest absolute Gasteiger partial charge is 0.496 e. The topological polar surface area (TPSA) is 139 Å². The monoisotopic (exact) mass is 794 g/mol. The summed E-state index contributed by atoms with van der Waals surface area (Å²) in [6, 6.07) is 18.6. The van der Waals surface area contributed by atoms with Crippen molar-refractivity contribution in [1.82, 2.24) is 9.80 Å². The molecule has 0 bridgehead atoms. The summed E-state index contributed by atoms with van der Waals surface area (Å²) in [5, 5.41) is 0. The number of amides is 2. The zero-order chi connectivity index (χ0) is 41.7. The predicted molar refractivity (Wildman–Crippen MR) is 214 cm³/mol. The number of aldehydes is 1. The van der Waals surface area contributed by atoms with E-state index in [4.69, 9.17) is 33.2 Å². The van der Waals surface area contributed by atoms with Gasteiger partial charge in [-0.05, 0) is 56.9 Å². The van der Waals surface area contributed by atoms with Crippen LogP contribution >= 0.6 is 0 Å². The smallest absolute Gasteiger partial charge is 0.410 e. The standard InChI is InChI=1S/C45H50N2O11/c1-27-19-31(32(22-48)41(38(27)52-7)55-24-30-17-13-10-14-18-30)20-33(46(6)44(51)58-45(3,4)5)43(50)47-21-35(49)37-36(34(47)25-54-23-29-15-11-9-12-16-29)42-40(56-26-57-42)28(2)39(37)53-8/h9-19,22,33-34H,20-21,23-26H2,1-8H3/t33?,34-/m0/s1. The van der Waals surface area contributed by atoms with E-state index in [1.54, 1.807) is 40.7 Å². The van der Waals surface area contributed by atoms with Gasteiger partial charge in [0.05, 0.1) is 51.1 Å². The van der Waals surface area contributed by atoms with E-state index in [0.29, 0.717) is 51.5 Å². The molecule has 58 heavy (non-hydrogen) atoms. The molecule has 0 saturated heterocycles. The van der Waals surface area contributed by atoms with E-state index in [1.165, 1.54) is 31.1 Å². The molecule has 13 nitrogen and oxygen atoms in total. The fourth-order valence-corrected chi connectivity index (χ4v) is 7.43. The lowest BCUT2D eigenvalue weighted by Gasteiger charge is -2.41. The number of methoxy groups -OCH3 is 2. The third kappa shape index (κ3) is 8.59. The van der Waals surface area contributed by atoms with Crippen molar-refractivity contribution in [3.05, 3.63) is 111 Å². The molecule has 1 unspecified atom stereocenters. The molecule has 0 spiro atoms. The van der Waals surface area contributed by atoms with Gasteiger partial charge in [-0.1, -0.05) is 66.7 Å². The summed E-state index contributed by atoms with van der Waals surface area (Å²) in [6.07, 6.45) is -0.276. The Morgan fingerprint density at radius 2 is 1.53 bits per heavy atom. The number of benzene rings is 4. The minimum absolute atomic E-state index is 0.0511. The zero-order valence-electron chi connectivity index (χ0n) is 34.2. The van der Waals surface area contributed by atoms with E-state index in [2.05, 4.69) is 0 Å². The maximum absolute atomic E-state index is 15.4. The molecule has 4 aromatic rings. The molecule has 2 heterocycles. The molecule has 306 valence electrons. The van der Waals surface area contributed by atoms with Gasteiger partial charge in [0.15, 0.2) is 35.1 Å². The van der Waals surface area contributed by atoms with E-state index in [1.807, 2.05) is 60.7 Å². The van der Waals surface area contributed by atoms with Crippen molar-refractivity contribution in [3.63, 3.8) is 0 Å². The van der Waals surface area contributed by atoms with Gasteiger partial charge in [0.2, 0.25) is 12.7 Å². The number of fused-ring (bicyclic) bond motifs is 3. The van der Waals surface area contributed by atoms with E-state index < -0.39 is 35.5 Å². The number of hydrogen-bond donors (Lipinski definition) is 0. The molecule has 2 amide bonds. The van der Waals surface area contributed by atoms with Gasteiger partial charge in [0.1, 0.15) is 24.0 Å². The number of aryl methyl sites for hydroxylation is 1. The first-order chi connectivity index (χ1) is 27.8. The highest BCUT2D eigenvalue weighted by atomic mass is 16.7. The summed E-state index contributed by atoms with van der Waals surface area (Å²) in [5.74, 6) is 0.611. The normalized spacial score (nSPS) is 15.0. The summed E-state index contributed by atoms with van der Waals surface area (Å²) >= 11 is 0. The summed E-state index contributed by atoms with van der Waals surface area (Å²) in [7, 11) is 4.42. The van der Waals surface area contributed by atoms with Crippen molar-refractivity contribution in [2.75, 3.05) is 41.2 Å². The van der Waals surface area contributed by atoms with Gasteiger partial charge in [0.25, 0.3) is 0 Å². The maximum atomic E-state index is 15.4. The maximum Gasteiger partial charge on any atom is 0.410 e. The van der Waals surface area contributed by atoms with Crippen LogP contribution in [-0.2, 0) is 33.9 Å². The number of rotatable bonds is 14. The van der Waals surface area contributed by atoms with Crippen LogP contribution in [0, 0.1) is 13.8 Å². The SMILES string of the molecule is COc1c(C)cc(CC(C(=O)N2CC(=O)c3c(OC)c(C)c4c(c3[C@@H]2COCc2ccccc2)OCO4)N(C)C(=O)OC(C)(C)C)c(C=O)c1OCc1ccccc1. The summed E-state index contributed by atoms with van der Waals surface area (Å²) in [5.41, 5.74) is 3.33. The Morgan fingerprint density at radius 3 is 2.14 bits per heavy atom. The number of carbonyl (C=O) groups excluding carboxylic acids is 4. The highest BCUT2D eigenvalue weighted by molar-refractivity contribution is 6.07. The Hall–Kier alpha value is -6.08. The minimum atomic E-state index is -1.29. The number of carbonyl (C=O) groups is 4. The third-order valence-corrected chi connectivity index (χ3v) is 10.2. The first-order valence-corrected chi connectivity index (χ1v) is 19.0. The van der Waals surface area contributed by atoms with E-state index in [0.717, 1.165) is 11.1 Å².